The first kappa shape index (κ1) is 15.6. The number of hydrogen-bond donors (Lipinski definition) is 0. The van der Waals surface area contributed by atoms with Gasteiger partial charge in [0.05, 0.1) is 11.3 Å². The lowest BCUT2D eigenvalue weighted by molar-refractivity contribution is -0.114. The Balaban J connectivity index is 2.37. The Hall–Kier alpha value is -0.750. The van der Waals surface area contributed by atoms with E-state index in [1.807, 2.05) is 0 Å². The number of hydrogen-bond acceptors (Lipinski definition) is 2. The van der Waals surface area contributed by atoms with Gasteiger partial charge in [0.15, 0.2) is 0 Å². The first-order chi connectivity index (χ1) is 9.49. The number of benzene rings is 1. The summed E-state index contributed by atoms with van der Waals surface area (Å²) in [6, 6.07) is 2.41. The van der Waals surface area contributed by atoms with Crippen LogP contribution in [0.1, 0.15) is 30.1 Å². The number of ketones is 1. The average Bonchev–Trinajstić information content (AvgIpc) is 2.63. The van der Waals surface area contributed by atoms with Gasteiger partial charge in [-0.05, 0) is 40.4 Å². The van der Waals surface area contributed by atoms with Gasteiger partial charge < -0.3 is 4.90 Å². The molecule has 0 saturated heterocycles. The molecular formula is C14H14Br2FNO2. The van der Waals surface area contributed by atoms with E-state index in [1.54, 1.807) is 0 Å². The highest BCUT2D eigenvalue weighted by Gasteiger charge is 2.38. The highest BCUT2D eigenvalue weighted by molar-refractivity contribution is 9.10. The Morgan fingerprint density at radius 2 is 2.05 bits per heavy atom. The van der Waals surface area contributed by atoms with Crippen LogP contribution in [0.15, 0.2) is 16.6 Å². The fraction of sp³-hybridized carbons (Fsp3) is 0.429. The maximum Gasteiger partial charge on any atom is 0.299 e. The van der Waals surface area contributed by atoms with Crippen LogP contribution in [0.4, 0.5) is 10.1 Å². The van der Waals surface area contributed by atoms with Crippen LogP contribution < -0.4 is 4.90 Å². The molecule has 0 bridgehead atoms. The number of halogens is 3. The molecule has 0 aliphatic carbocycles. The number of fused-ring (bicyclic) bond motifs is 1. The molecule has 0 saturated carbocycles. The van der Waals surface area contributed by atoms with E-state index in [-0.39, 0.29) is 11.5 Å². The lowest BCUT2D eigenvalue weighted by Gasteiger charge is -2.23. The van der Waals surface area contributed by atoms with E-state index in [0.717, 1.165) is 24.2 Å². The quantitative estimate of drug-likeness (QED) is 0.548. The number of Topliss-reactive ketones (excluding diaryl/α,β-unsaturated/α-hetero) is 1. The molecule has 6 heteroatoms. The van der Waals surface area contributed by atoms with Gasteiger partial charge in [-0.1, -0.05) is 29.3 Å². The molecule has 108 valence electrons. The van der Waals surface area contributed by atoms with Crippen molar-refractivity contribution < 1.29 is 14.0 Å². The molecule has 1 amide bonds. The third kappa shape index (κ3) is 2.81. The minimum atomic E-state index is -0.634. The maximum absolute atomic E-state index is 13.4. The van der Waals surface area contributed by atoms with Crippen molar-refractivity contribution in [2.45, 2.75) is 19.8 Å². The molecule has 3 nitrogen and oxygen atoms in total. The summed E-state index contributed by atoms with van der Waals surface area (Å²) in [5, 5.41) is 0.757. The van der Waals surface area contributed by atoms with Gasteiger partial charge in [0.25, 0.3) is 11.7 Å². The van der Waals surface area contributed by atoms with Crippen molar-refractivity contribution in [3.8, 4) is 0 Å². The molecule has 0 spiro atoms. The second-order valence-corrected chi connectivity index (χ2v) is 6.34. The molecule has 1 aliphatic rings. The van der Waals surface area contributed by atoms with E-state index in [9.17, 15) is 14.0 Å². The number of carbonyl (C=O) groups excluding carboxylic acids is 2. The van der Waals surface area contributed by atoms with E-state index < -0.39 is 17.5 Å². The van der Waals surface area contributed by atoms with Crippen LogP contribution in [-0.4, -0.2) is 23.6 Å². The summed E-state index contributed by atoms with van der Waals surface area (Å²) < 4.78 is 13.8. The van der Waals surface area contributed by atoms with Crippen molar-refractivity contribution in [3.63, 3.8) is 0 Å². The zero-order chi connectivity index (χ0) is 14.9. The summed E-state index contributed by atoms with van der Waals surface area (Å²) in [6.07, 6.45) is 1.96. The van der Waals surface area contributed by atoms with Crippen LogP contribution in [0.2, 0.25) is 0 Å². The van der Waals surface area contributed by atoms with Gasteiger partial charge in [0.2, 0.25) is 0 Å². The largest absolute Gasteiger partial charge is 0.303 e. The molecule has 1 heterocycles. The Labute approximate surface area is 133 Å². The fourth-order valence-electron chi connectivity index (χ4n) is 2.41. The van der Waals surface area contributed by atoms with Crippen LogP contribution in [0.3, 0.4) is 0 Å². The van der Waals surface area contributed by atoms with Crippen LogP contribution >= 0.6 is 31.9 Å². The molecule has 0 radical (unpaired) electrons. The lowest BCUT2D eigenvalue weighted by Crippen LogP contribution is -2.35. The van der Waals surface area contributed by atoms with Gasteiger partial charge in [-0.15, -0.1) is 0 Å². The summed E-state index contributed by atoms with van der Waals surface area (Å²) in [4.78, 5) is 25.5. The molecule has 1 aromatic rings. The number of carbonyl (C=O) groups is 2. The molecule has 0 aromatic heterocycles. The highest BCUT2D eigenvalue weighted by atomic mass is 79.9. The molecule has 2 rings (SSSR count). The van der Waals surface area contributed by atoms with Crippen LogP contribution in [-0.2, 0) is 4.79 Å². The monoisotopic (exact) mass is 405 g/mol. The number of alkyl halides is 1. The number of amides is 1. The molecule has 1 unspecified atom stereocenters. The predicted octanol–water partition coefficient (Wildman–Crippen LogP) is 3.93. The summed E-state index contributed by atoms with van der Waals surface area (Å²) in [6.45, 7) is 2.53. The molecular weight excluding hydrogens is 393 g/mol. The van der Waals surface area contributed by atoms with Gasteiger partial charge in [-0.3, -0.25) is 9.59 Å². The van der Waals surface area contributed by atoms with Gasteiger partial charge in [0, 0.05) is 16.3 Å². The van der Waals surface area contributed by atoms with Crippen LogP contribution in [0.5, 0.6) is 0 Å². The zero-order valence-corrected chi connectivity index (χ0v) is 14.1. The van der Waals surface area contributed by atoms with E-state index in [2.05, 4.69) is 38.8 Å². The van der Waals surface area contributed by atoms with E-state index >= 15 is 0 Å². The number of rotatable bonds is 5. The van der Waals surface area contributed by atoms with Gasteiger partial charge in [-0.25, -0.2) is 4.39 Å². The Bertz CT molecular complexity index is 562. The number of anilines is 1. The molecule has 1 aromatic carbocycles. The Kier molecular flexibility index (Phi) is 4.96. The fourth-order valence-corrected chi connectivity index (χ4v) is 3.59. The van der Waals surface area contributed by atoms with E-state index in [0.29, 0.717) is 16.7 Å². The van der Waals surface area contributed by atoms with E-state index in [4.69, 9.17) is 0 Å². The Morgan fingerprint density at radius 3 is 2.65 bits per heavy atom. The maximum atomic E-state index is 13.4. The summed E-state index contributed by atoms with van der Waals surface area (Å²) in [7, 11) is 0. The van der Waals surface area contributed by atoms with Crippen molar-refractivity contribution in [3.05, 3.63) is 28.0 Å². The topological polar surface area (TPSA) is 37.4 Å². The van der Waals surface area contributed by atoms with Crippen molar-refractivity contribution in [1.29, 1.82) is 0 Å². The molecule has 0 fully saturated rings. The molecule has 0 N–H and O–H groups in total. The van der Waals surface area contributed by atoms with Gasteiger partial charge in [0.1, 0.15) is 5.82 Å². The van der Waals surface area contributed by atoms with Crippen molar-refractivity contribution in [2.75, 3.05) is 16.8 Å². The second-order valence-electron chi connectivity index (χ2n) is 4.84. The lowest BCUT2D eigenvalue weighted by atomic mass is 10.1. The third-order valence-corrected chi connectivity index (χ3v) is 4.86. The Morgan fingerprint density at radius 1 is 1.35 bits per heavy atom. The standard InChI is InChI=1S/C14H14Br2FNO2/c1-2-3-8(6-15)7-18-12-10(13(19)14(18)20)4-9(17)5-11(12)16/h4-5,8H,2-3,6-7H2,1H3. The smallest absolute Gasteiger partial charge is 0.299 e. The number of nitrogens with zero attached hydrogens (tertiary/aromatic N) is 1. The second kappa shape index (κ2) is 6.35. The summed E-state index contributed by atoms with van der Waals surface area (Å²) in [5.74, 6) is -1.47. The van der Waals surface area contributed by atoms with Crippen molar-refractivity contribution in [2.24, 2.45) is 5.92 Å². The van der Waals surface area contributed by atoms with E-state index in [1.165, 1.54) is 11.0 Å². The average molecular weight is 407 g/mol. The first-order valence-electron chi connectivity index (χ1n) is 6.40. The molecule has 1 aliphatic heterocycles. The predicted molar refractivity (Wildman–Crippen MR) is 83.0 cm³/mol. The first-order valence-corrected chi connectivity index (χ1v) is 8.32. The zero-order valence-electron chi connectivity index (χ0n) is 11.0. The minimum absolute atomic E-state index is 0.145. The SMILES string of the molecule is CCCC(CBr)CN1C(=O)C(=O)c2cc(F)cc(Br)c21. The highest BCUT2D eigenvalue weighted by Crippen LogP contribution is 2.37. The van der Waals surface area contributed by atoms with Crippen LogP contribution in [0, 0.1) is 11.7 Å². The summed E-state index contributed by atoms with van der Waals surface area (Å²) >= 11 is 6.68. The van der Waals surface area contributed by atoms with Crippen molar-refractivity contribution >= 4 is 49.2 Å². The van der Waals surface area contributed by atoms with Crippen molar-refractivity contribution in [1.82, 2.24) is 0 Å². The molecule has 1 atom stereocenters. The van der Waals surface area contributed by atoms with Gasteiger partial charge >= 0.3 is 0 Å². The summed E-state index contributed by atoms with van der Waals surface area (Å²) in [5.41, 5.74) is 0.634. The van der Waals surface area contributed by atoms with Crippen LogP contribution in [0.25, 0.3) is 0 Å². The minimum Gasteiger partial charge on any atom is -0.303 e. The molecule has 20 heavy (non-hydrogen) atoms. The third-order valence-electron chi connectivity index (χ3n) is 3.34. The van der Waals surface area contributed by atoms with Gasteiger partial charge in [-0.2, -0.15) is 0 Å². The normalized spacial score (nSPS) is 15.7.